The van der Waals surface area contributed by atoms with Crippen molar-refractivity contribution in [3.63, 3.8) is 0 Å². The van der Waals surface area contributed by atoms with E-state index in [1.54, 1.807) is 13.0 Å². The highest BCUT2D eigenvalue weighted by atomic mass is 19.1. The lowest BCUT2D eigenvalue weighted by molar-refractivity contribution is -0.127. The highest BCUT2D eigenvalue weighted by molar-refractivity contribution is 6.34. The van der Waals surface area contributed by atoms with Gasteiger partial charge in [-0.1, -0.05) is 0 Å². The first-order chi connectivity index (χ1) is 14.8. The van der Waals surface area contributed by atoms with Crippen LogP contribution in [0.4, 0.5) is 10.1 Å². The van der Waals surface area contributed by atoms with E-state index in [0.29, 0.717) is 59.7 Å². The maximum Gasteiger partial charge on any atom is 0.256 e. The Hall–Kier alpha value is -3.42. The van der Waals surface area contributed by atoms with Gasteiger partial charge in [-0.05, 0) is 56.5 Å². The summed E-state index contributed by atoms with van der Waals surface area (Å²) in [5.74, 6) is -0.754. The predicted octanol–water partition coefficient (Wildman–Crippen LogP) is 3.01. The highest BCUT2D eigenvalue weighted by Crippen LogP contribution is 2.34. The summed E-state index contributed by atoms with van der Waals surface area (Å²) < 4.78 is 13.7. The van der Waals surface area contributed by atoms with Gasteiger partial charge in [0, 0.05) is 48.7 Å². The number of likely N-dealkylation sites (tertiary alicyclic amines) is 1. The molecule has 3 heterocycles. The van der Waals surface area contributed by atoms with Gasteiger partial charge in [0.05, 0.1) is 11.1 Å². The van der Waals surface area contributed by atoms with Gasteiger partial charge in [0.15, 0.2) is 0 Å². The number of anilines is 1. The van der Waals surface area contributed by atoms with Crippen LogP contribution in [0.3, 0.4) is 0 Å². The number of hydrogen-bond donors (Lipinski definition) is 3. The van der Waals surface area contributed by atoms with Crippen molar-refractivity contribution in [3.05, 3.63) is 52.1 Å². The molecule has 7 nitrogen and oxygen atoms in total. The molecule has 0 bridgehead atoms. The highest BCUT2D eigenvalue weighted by Gasteiger charge is 2.26. The standard InChI is InChI=1S/C23H25FN4O3/c1-13-19(12-17-16-11-15(24)6-7-18(16)27-22(17)30)26-14(2)21(13)23(31)25-8-4-10-28-9-3-5-20(28)29/h6-7,11-12,26H,3-5,8-10H2,1-2H3,(H,25,31)(H,27,30)/b17-12-. The predicted molar refractivity (Wildman–Crippen MR) is 116 cm³/mol. The van der Waals surface area contributed by atoms with Crippen molar-refractivity contribution in [3.8, 4) is 0 Å². The first kappa shape index (κ1) is 20.8. The second-order valence-electron chi connectivity index (χ2n) is 7.96. The van der Waals surface area contributed by atoms with E-state index in [1.807, 2.05) is 11.8 Å². The Morgan fingerprint density at radius 2 is 2.10 bits per heavy atom. The van der Waals surface area contributed by atoms with Gasteiger partial charge in [0.2, 0.25) is 5.91 Å². The third kappa shape index (κ3) is 4.10. The minimum atomic E-state index is -0.420. The molecular weight excluding hydrogens is 399 g/mol. The van der Waals surface area contributed by atoms with Gasteiger partial charge in [-0.25, -0.2) is 4.39 Å². The number of aromatic amines is 1. The van der Waals surface area contributed by atoms with Gasteiger partial charge < -0.3 is 20.5 Å². The van der Waals surface area contributed by atoms with Crippen molar-refractivity contribution < 1.29 is 18.8 Å². The number of amides is 3. The summed E-state index contributed by atoms with van der Waals surface area (Å²) >= 11 is 0. The molecule has 1 saturated heterocycles. The first-order valence-electron chi connectivity index (χ1n) is 10.4. The summed E-state index contributed by atoms with van der Waals surface area (Å²) in [6.07, 6.45) is 3.86. The third-order valence-corrected chi connectivity index (χ3v) is 5.82. The molecule has 8 heteroatoms. The number of nitrogens with one attached hydrogen (secondary N) is 3. The molecular formula is C23H25FN4O3. The van der Waals surface area contributed by atoms with Crippen LogP contribution >= 0.6 is 0 Å². The van der Waals surface area contributed by atoms with Crippen LogP contribution in [0.2, 0.25) is 0 Å². The average Bonchev–Trinajstić information content (AvgIpc) is 3.35. The number of aryl methyl sites for hydroxylation is 1. The molecule has 1 fully saturated rings. The number of nitrogens with zero attached hydrogens (tertiary/aromatic N) is 1. The average molecular weight is 424 g/mol. The van der Waals surface area contributed by atoms with E-state index in [9.17, 15) is 18.8 Å². The van der Waals surface area contributed by atoms with Crippen LogP contribution in [-0.4, -0.2) is 47.2 Å². The SMILES string of the molecule is Cc1[nH]c(/C=C2\C(=O)Nc3ccc(F)cc32)c(C)c1C(=O)NCCCN1CCCC1=O. The molecule has 3 amide bonds. The Morgan fingerprint density at radius 1 is 1.29 bits per heavy atom. The molecule has 3 N–H and O–H groups in total. The molecule has 0 spiro atoms. The number of fused-ring (bicyclic) bond motifs is 1. The fourth-order valence-corrected chi connectivity index (χ4v) is 4.21. The number of carbonyl (C=O) groups is 3. The van der Waals surface area contributed by atoms with Crippen molar-refractivity contribution in [2.45, 2.75) is 33.1 Å². The van der Waals surface area contributed by atoms with E-state index in [4.69, 9.17) is 0 Å². The largest absolute Gasteiger partial charge is 0.358 e. The van der Waals surface area contributed by atoms with Gasteiger partial charge in [-0.3, -0.25) is 14.4 Å². The summed E-state index contributed by atoms with van der Waals surface area (Å²) in [5, 5.41) is 5.64. The van der Waals surface area contributed by atoms with E-state index in [0.717, 1.165) is 18.5 Å². The fourth-order valence-electron chi connectivity index (χ4n) is 4.21. The van der Waals surface area contributed by atoms with Crippen molar-refractivity contribution in [1.82, 2.24) is 15.2 Å². The van der Waals surface area contributed by atoms with Crippen molar-refractivity contribution in [1.29, 1.82) is 0 Å². The number of H-pyrrole nitrogens is 1. The summed E-state index contributed by atoms with van der Waals surface area (Å²) in [4.78, 5) is 41.8. The van der Waals surface area contributed by atoms with Crippen LogP contribution in [0.1, 0.15) is 52.1 Å². The van der Waals surface area contributed by atoms with Crippen molar-refractivity contribution in [2.24, 2.45) is 0 Å². The Labute approximate surface area is 179 Å². The zero-order valence-corrected chi connectivity index (χ0v) is 17.6. The summed E-state index contributed by atoms with van der Waals surface area (Å²) in [5.41, 5.74) is 3.98. The van der Waals surface area contributed by atoms with Crippen molar-refractivity contribution >= 4 is 35.1 Å². The molecule has 162 valence electrons. The Balaban J connectivity index is 1.47. The number of halogens is 1. The van der Waals surface area contributed by atoms with Crippen LogP contribution in [-0.2, 0) is 9.59 Å². The van der Waals surface area contributed by atoms with E-state index in [2.05, 4.69) is 15.6 Å². The molecule has 1 aromatic carbocycles. The topological polar surface area (TPSA) is 94.3 Å². The zero-order valence-electron chi connectivity index (χ0n) is 17.6. The van der Waals surface area contributed by atoms with Gasteiger partial charge in [-0.15, -0.1) is 0 Å². The fraction of sp³-hybridized carbons (Fsp3) is 0.348. The lowest BCUT2D eigenvalue weighted by Crippen LogP contribution is -2.31. The van der Waals surface area contributed by atoms with Crippen LogP contribution in [0, 0.1) is 19.7 Å². The van der Waals surface area contributed by atoms with Gasteiger partial charge in [-0.2, -0.15) is 0 Å². The zero-order chi connectivity index (χ0) is 22.1. The summed E-state index contributed by atoms with van der Waals surface area (Å²) in [7, 11) is 0. The lowest BCUT2D eigenvalue weighted by Gasteiger charge is -2.15. The quantitative estimate of drug-likeness (QED) is 0.492. The lowest BCUT2D eigenvalue weighted by atomic mass is 10.0. The molecule has 2 aliphatic rings. The second-order valence-corrected chi connectivity index (χ2v) is 7.96. The molecule has 0 unspecified atom stereocenters. The second kappa shape index (κ2) is 8.37. The summed E-state index contributed by atoms with van der Waals surface area (Å²) in [6, 6.07) is 4.15. The van der Waals surface area contributed by atoms with E-state index >= 15 is 0 Å². The number of aromatic nitrogens is 1. The normalized spacial score (nSPS) is 16.7. The van der Waals surface area contributed by atoms with Crippen LogP contribution in [0.25, 0.3) is 11.6 Å². The molecule has 0 saturated carbocycles. The number of benzene rings is 1. The van der Waals surface area contributed by atoms with Gasteiger partial charge in [0.25, 0.3) is 11.8 Å². The molecule has 4 rings (SSSR count). The minimum absolute atomic E-state index is 0.179. The Morgan fingerprint density at radius 3 is 2.84 bits per heavy atom. The minimum Gasteiger partial charge on any atom is -0.358 e. The Bertz CT molecular complexity index is 1100. The molecule has 0 radical (unpaired) electrons. The summed E-state index contributed by atoms with van der Waals surface area (Å²) in [6.45, 7) is 5.52. The van der Waals surface area contributed by atoms with Gasteiger partial charge in [0.1, 0.15) is 5.82 Å². The monoisotopic (exact) mass is 424 g/mol. The maximum atomic E-state index is 13.7. The van der Waals surface area contributed by atoms with Crippen LogP contribution < -0.4 is 10.6 Å². The number of hydrogen-bond acceptors (Lipinski definition) is 3. The smallest absolute Gasteiger partial charge is 0.256 e. The number of carbonyl (C=O) groups excluding carboxylic acids is 3. The molecule has 2 aliphatic heterocycles. The maximum absolute atomic E-state index is 13.7. The van der Waals surface area contributed by atoms with Crippen LogP contribution in [0.15, 0.2) is 18.2 Å². The van der Waals surface area contributed by atoms with Crippen molar-refractivity contribution in [2.75, 3.05) is 25.0 Å². The third-order valence-electron chi connectivity index (χ3n) is 5.82. The van der Waals surface area contributed by atoms with E-state index < -0.39 is 5.82 Å². The molecule has 0 atom stereocenters. The van der Waals surface area contributed by atoms with E-state index in [-0.39, 0.29) is 17.7 Å². The van der Waals surface area contributed by atoms with Gasteiger partial charge >= 0.3 is 0 Å². The van der Waals surface area contributed by atoms with E-state index in [1.165, 1.54) is 18.2 Å². The molecule has 31 heavy (non-hydrogen) atoms. The number of rotatable bonds is 6. The first-order valence-corrected chi connectivity index (χ1v) is 10.4. The molecule has 1 aromatic heterocycles. The molecule has 0 aliphatic carbocycles. The van der Waals surface area contributed by atoms with Crippen LogP contribution in [0.5, 0.6) is 0 Å². The Kier molecular flexibility index (Phi) is 5.63. The molecule has 2 aromatic rings.